The highest BCUT2D eigenvalue weighted by Gasteiger charge is 2.25. The van der Waals surface area contributed by atoms with Crippen LogP contribution in [0.3, 0.4) is 0 Å². The van der Waals surface area contributed by atoms with Gasteiger partial charge in [0.05, 0.1) is 11.3 Å². The highest BCUT2D eigenvalue weighted by molar-refractivity contribution is 6.09. The van der Waals surface area contributed by atoms with Gasteiger partial charge in [0.1, 0.15) is 0 Å². The summed E-state index contributed by atoms with van der Waals surface area (Å²) < 4.78 is 0. The predicted octanol–water partition coefficient (Wildman–Crippen LogP) is 3.31. The molecule has 1 aliphatic heterocycles. The first-order valence-electron chi connectivity index (χ1n) is 8.87. The lowest BCUT2D eigenvalue weighted by molar-refractivity contribution is 0.0708. The fourth-order valence-electron chi connectivity index (χ4n) is 3.24. The van der Waals surface area contributed by atoms with E-state index >= 15 is 0 Å². The van der Waals surface area contributed by atoms with Gasteiger partial charge in [-0.1, -0.05) is 12.1 Å². The number of para-hydroxylation sites is 1. The number of amides is 2. The molecule has 1 fully saturated rings. The largest absolute Gasteiger partial charge is 0.338 e. The Morgan fingerprint density at radius 2 is 1.71 bits per heavy atom. The minimum atomic E-state index is -0.246. The number of anilines is 1. The third kappa shape index (κ3) is 5.44. The number of carbonyl (C=O) groups excluding carboxylic acids is 2. The van der Waals surface area contributed by atoms with Crippen LogP contribution in [0, 0.1) is 6.92 Å². The van der Waals surface area contributed by atoms with Crippen LogP contribution in [-0.4, -0.2) is 47.9 Å². The van der Waals surface area contributed by atoms with Gasteiger partial charge in [-0.15, -0.1) is 24.8 Å². The lowest BCUT2D eigenvalue weighted by atomic mass is 10.0. The van der Waals surface area contributed by atoms with E-state index in [1.807, 2.05) is 31.0 Å². The zero-order valence-corrected chi connectivity index (χ0v) is 17.6. The molecule has 0 atom stereocenters. The first-order valence-corrected chi connectivity index (χ1v) is 8.87. The molecular formula is C20H26Cl2N4O2. The molecule has 28 heavy (non-hydrogen) atoms. The zero-order chi connectivity index (χ0) is 18.5. The van der Waals surface area contributed by atoms with Crippen LogP contribution in [0.4, 0.5) is 5.69 Å². The summed E-state index contributed by atoms with van der Waals surface area (Å²) in [6.07, 6.45) is 5.02. The second-order valence-corrected chi connectivity index (χ2v) is 6.54. The summed E-state index contributed by atoms with van der Waals surface area (Å²) in [7, 11) is 1.95. The number of rotatable bonds is 4. The molecule has 2 amide bonds. The second-order valence-electron chi connectivity index (χ2n) is 6.54. The number of hydrogen-bond donors (Lipinski definition) is 2. The number of carbonyl (C=O) groups is 2. The molecule has 1 aromatic heterocycles. The molecule has 2 N–H and O–H groups in total. The van der Waals surface area contributed by atoms with Gasteiger partial charge in [-0.2, -0.15) is 0 Å². The van der Waals surface area contributed by atoms with Gasteiger partial charge in [0.25, 0.3) is 11.8 Å². The van der Waals surface area contributed by atoms with Gasteiger partial charge in [0.15, 0.2) is 0 Å². The Kier molecular flexibility index (Phi) is 9.38. The Bertz CT molecular complexity index is 794. The van der Waals surface area contributed by atoms with Crippen molar-refractivity contribution in [1.82, 2.24) is 15.2 Å². The van der Waals surface area contributed by atoms with Crippen molar-refractivity contribution >= 4 is 42.3 Å². The molecule has 1 aromatic carbocycles. The van der Waals surface area contributed by atoms with Crippen LogP contribution in [0.1, 0.15) is 39.1 Å². The van der Waals surface area contributed by atoms with Crippen LogP contribution in [0.15, 0.2) is 42.7 Å². The summed E-state index contributed by atoms with van der Waals surface area (Å²) in [5, 5.41) is 6.18. The average Bonchev–Trinajstić information content (AvgIpc) is 2.69. The molecule has 2 aromatic rings. The molecule has 8 heteroatoms. The van der Waals surface area contributed by atoms with Gasteiger partial charge in [0, 0.05) is 37.1 Å². The molecule has 3 rings (SSSR count). The predicted molar refractivity (Wildman–Crippen MR) is 116 cm³/mol. The summed E-state index contributed by atoms with van der Waals surface area (Å²) in [6, 6.07) is 9.29. The molecule has 0 bridgehead atoms. The van der Waals surface area contributed by atoms with Crippen molar-refractivity contribution < 1.29 is 9.59 Å². The number of halogens is 2. The molecule has 0 aliphatic carbocycles. The first-order chi connectivity index (χ1) is 12.6. The molecular weight excluding hydrogens is 399 g/mol. The van der Waals surface area contributed by atoms with Crippen LogP contribution < -0.4 is 10.6 Å². The zero-order valence-electron chi connectivity index (χ0n) is 16.0. The molecule has 0 spiro atoms. The number of likely N-dealkylation sites (tertiary alicyclic amines) is 1. The molecule has 152 valence electrons. The molecule has 6 nitrogen and oxygen atoms in total. The molecule has 0 saturated carbocycles. The smallest absolute Gasteiger partial charge is 0.255 e. The van der Waals surface area contributed by atoms with E-state index < -0.39 is 0 Å². The van der Waals surface area contributed by atoms with Crippen LogP contribution in [0.2, 0.25) is 0 Å². The van der Waals surface area contributed by atoms with Crippen molar-refractivity contribution in [1.29, 1.82) is 0 Å². The summed E-state index contributed by atoms with van der Waals surface area (Å²) in [4.78, 5) is 31.3. The minimum absolute atomic E-state index is 0. The Balaban J connectivity index is 0.00000196. The second kappa shape index (κ2) is 11.0. The monoisotopic (exact) mass is 424 g/mol. The Labute approximate surface area is 177 Å². The van der Waals surface area contributed by atoms with E-state index in [0.717, 1.165) is 31.5 Å². The highest BCUT2D eigenvalue weighted by Crippen LogP contribution is 2.24. The Morgan fingerprint density at radius 1 is 1.07 bits per heavy atom. The number of hydrogen-bond acceptors (Lipinski definition) is 4. The molecule has 1 saturated heterocycles. The number of benzene rings is 1. The van der Waals surface area contributed by atoms with E-state index in [0.29, 0.717) is 22.9 Å². The maximum absolute atomic E-state index is 13.0. The van der Waals surface area contributed by atoms with E-state index in [-0.39, 0.29) is 36.6 Å². The van der Waals surface area contributed by atoms with Gasteiger partial charge >= 0.3 is 0 Å². The van der Waals surface area contributed by atoms with Gasteiger partial charge in [-0.25, -0.2) is 0 Å². The summed E-state index contributed by atoms with van der Waals surface area (Å²) in [5.74, 6) is -0.280. The average molecular weight is 425 g/mol. The summed E-state index contributed by atoms with van der Waals surface area (Å²) in [6.45, 7) is 3.33. The van der Waals surface area contributed by atoms with Crippen molar-refractivity contribution in [3.63, 3.8) is 0 Å². The SMILES string of the molecule is CNC1CCN(C(=O)c2cccc(C)c2NC(=O)c2ccncc2)CC1.Cl.Cl. The molecule has 1 aliphatic rings. The van der Waals surface area contributed by atoms with Crippen LogP contribution in [0.5, 0.6) is 0 Å². The number of aryl methyl sites for hydroxylation is 1. The third-order valence-electron chi connectivity index (χ3n) is 4.87. The molecule has 0 radical (unpaired) electrons. The van der Waals surface area contributed by atoms with E-state index in [4.69, 9.17) is 0 Å². The van der Waals surface area contributed by atoms with E-state index in [2.05, 4.69) is 15.6 Å². The maximum Gasteiger partial charge on any atom is 0.255 e. The summed E-state index contributed by atoms with van der Waals surface area (Å²) in [5.41, 5.74) is 2.49. The third-order valence-corrected chi connectivity index (χ3v) is 4.87. The standard InChI is InChI=1S/C20H24N4O2.2ClH/c1-14-4-3-5-17(20(26)24-12-8-16(21-2)9-13-24)18(14)23-19(25)15-6-10-22-11-7-15;;/h3-7,10-11,16,21H,8-9,12-13H2,1-2H3,(H,23,25);2*1H. The number of pyridine rings is 1. The lowest BCUT2D eigenvalue weighted by Crippen LogP contribution is -2.44. The quantitative estimate of drug-likeness (QED) is 0.789. The van der Waals surface area contributed by atoms with Crippen LogP contribution in [0.25, 0.3) is 0 Å². The lowest BCUT2D eigenvalue weighted by Gasteiger charge is -2.32. The van der Waals surface area contributed by atoms with E-state index in [1.165, 1.54) is 0 Å². The fraction of sp³-hybridized carbons (Fsp3) is 0.350. The highest BCUT2D eigenvalue weighted by atomic mass is 35.5. The van der Waals surface area contributed by atoms with Crippen molar-refractivity contribution in [2.24, 2.45) is 0 Å². The Hall–Kier alpha value is -2.15. The maximum atomic E-state index is 13.0. The van der Waals surface area contributed by atoms with Gasteiger partial charge in [-0.05, 0) is 50.6 Å². The number of nitrogens with one attached hydrogen (secondary N) is 2. The number of nitrogens with zero attached hydrogens (tertiary/aromatic N) is 2. The van der Waals surface area contributed by atoms with Gasteiger partial charge in [0.2, 0.25) is 0 Å². The van der Waals surface area contributed by atoms with E-state index in [1.54, 1.807) is 30.6 Å². The minimum Gasteiger partial charge on any atom is -0.338 e. The molecule has 0 unspecified atom stereocenters. The number of piperidine rings is 1. The number of aromatic nitrogens is 1. The van der Waals surface area contributed by atoms with Crippen LogP contribution in [-0.2, 0) is 0 Å². The van der Waals surface area contributed by atoms with Crippen molar-refractivity contribution in [2.45, 2.75) is 25.8 Å². The first kappa shape index (κ1) is 23.9. The fourth-order valence-corrected chi connectivity index (χ4v) is 3.24. The van der Waals surface area contributed by atoms with Gasteiger partial charge < -0.3 is 15.5 Å². The van der Waals surface area contributed by atoms with E-state index in [9.17, 15) is 9.59 Å². The summed E-state index contributed by atoms with van der Waals surface area (Å²) >= 11 is 0. The normalized spacial score (nSPS) is 13.9. The van der Waals surface area contributed by atoms with Gasteiger partial charge in [-0.3, -0.25) is 14.6 Å². The van der Waals surface area contributed by atoms with Crippen LogP contribution >= 0.6 is 24.8 Å². The van der Waals surface area contributed by atoms with Crippen molar-refractivity contribution in [3.05, 3.63) is 59.4 Å². The van der Waals surface area contributed by atoms with Crippen molar-refractivity contribution in [2.75, 3.05) is 25.5 Å². The van der Waals surface area contributed by atoms with Crippen molar-refractivity contribution in [3.8, 4) is 0 Å². The molecule has 2 heterocycles. The topological polar surface area (TPSA) is 74.3 Å². The Morgan fingerprint density at radius 3 is 2.32 bits per heavy atom.